The molecule has 3 rings (SSSR count). The number of benzene rings is 2. The molecule has 0 unspecified atom stereocenters. The molecule has 0 bridgehead atoms. The van der Waals surface area contributed by atoms with Gasteiger partial charge in [0.15, 0.2) is 0 Å². The second-order valence-electron chi connectivity index (χ2n) is 4.95. The number of halogens is 3. The topological polar surface area (TPSA) is 109 Å². The summed E-state index contributed by atoms with van der Waals surface area (Å²) in [6.45, 7) is 0. The van der Waals surface area contributed by atoms with Crippen LogP contribution in [-0.4, -0.2) is 23.3 Å². The summed E-state index contributed by atoms with van der Waals surface area (Å²) in [5, 5.41) is 8.65. The molecule has 0 aliphatic heterocycles. The van der Waals surface area contributed by atoms with E-state index in [1.807, 2.05) is 0 Å². The molecule has 0 aliphatic carbocycles. The fourth-order valence-electron chi connectivity index (χ4n) is 2.28. The second-order valence-corrected chi connectivity index (χ2v) is 7.71. The van der Waals surface area contributed by atoms with E-state index in [-0.39, 0.29) is 14.8 Å². The van der Waals surface area contributed by atoms with E-state index in [2.05, 4.69) is 4.98 Å². The SMILES string of the molecule is O=c1[nH]c2c(S(=O)(=O)c3cc(F)cc(Cl)c3)ccc(Cl)c2c(=O)n1O. The van der Waals surface area contributed by atoms with Gasteiger partial charge in [-0.05, 0) is 30.3 Å². The van der Waals surface area contributed by atoms with E-state index in [1.165, 1.54) is 0 Å². The molecular formula is C14H7Cl2FN2O5S. The molecule has 1 heterocycles. The minimum absolute atomic E-state index is 0.150. The molecule has 0 radical (unpaired) electrons. The Kier molecular flexibility index (Phi) is 4.10. The second kappa shape index (κ2) is 5.87. The lowest BCUT2D eigenvalue weighted by Gasteiger charge is -2.10. The highest BCUT2D eigenvalue weighted by Gasteiger charge is 2.25. The summed E-state index contributed by atoms with van der Waals surface area (Å²) in [6, 6.07) is 4.85. The number of aromatic amines is 1. The molecule has 0 spiro atoms. The Morgan fingerprint density at radius 1 is 1.12 bits per heavy atom. The van der Waals surface area contributed by atoms with Gasteiger partial charge in [0.25, 0.3) is 5.56 Å². The molecule has 25 heavy (non-hydrogen) atoms. The van der Waals surface area contributed by atoms with Crippen LogP contribution in [0.3, 0.4) is 0 Å². The van der Waals surface area contributed by atoms with Crippen LogP contribution in [0.25, 0.3) is 10.9 Å². The zero-order chi connectivity index (χ0) is 18.5. The molecule has 0 fully saturated rings. The van der Waals surface area contributed by atoms with Gasteiger partial charge in [-0.1, -0.05) is 27.9 Å². The number of nitrogens with one attached hydrogen (secondary N) is 1. The van der Waals surface area contributed by atoms with Crippen LogP contribution in [0.4, 0.5) is 4.39 Å². The van der Waals surface area contributed by atoms with Crippen LogP contribution in [-0.2, 0) is 9.84 Å². The maximum atomic E-state index is 13.5. The van der Waals surface area contributed by atoms with Gasteiger partial charge in [0.05, 0.1) is 25.7 Å². The number of sulfone groups is 1. The predicted molar refractivity (Wildman–Crippen MR) is 87.9 cm³/mol. The molecule has 2 aromatic carbocycles. The number of nitrogens with zero attached hydrogens (tertiary/aromatic N) is 1. The van der Waals surface area contributed by atoms with E-state index >= 15 is 0 Å². The van der Waals surface area contributed by atoms with E-state index < -0.39 is 47.6 Å². The first-order valence-electron chi connectivity index (χ1n) is 6.51. The fraction of sp³-hybridized carbons (Fsp3) is 0. The quantitative estimate of drug-likeness (QED) is 0.636. The third-order valence-corrected chi connectivity index (χ3v) is 5.69. The van der Waals surface area contributed by atoms with Gasteiger partial charge in [0.2, 0.25) is 9.84 Å². The Hall–Kier alpha value is -2.36. The van der Waals surface area contributed by atoms with Crippen LogP contribution in [0.1, 0.15) is 0 Å². The van der Waals surface area contributed by atoms with Crippen molar-refractivity contribution in [2.45, 2.75) is 9.79 Å². The molecule has 2 N–H and O–H groups in total. The van der Waals surface area contributed by atoms with Gasteiger partial charge in [-0.3, -0.25) is 4.79 Å². The fourth-order valence-corrected chi connectivity index (χ4v) is 4.28. The van der Waals surface area contributed by atoms with Gasteiger partial charge < -0.3 is 10.2 Å². The van der Waals surface area contributed by atoms with Crippen molar-refractivity contribution >= 4 is 43.9 Å². The standard InChI is InChI=1S/C14H7Cl2FN2O5S/c15-6-3-7(17)5-8(4-6)25(23,24)10-2-1-9(16)11-12(10)18-14(21)19(22)13(11)20/h1-5,22H,(H,18,21). The maximum absolute atomic E-state index is 13.5. The van der Waals surface area contributed by atoms with Gasteiger partial charge in [-0.25, -0.2) is 17.6 Å². The van der Waals surface area contributed by atoms with E-state index in [9.17, 15) is 27.6 Å². The number of rotatable bonds is 2. The van der Waals surface area contributed by atoms with Gasteiger partial charge in [0.1, 0.15) is 5.82 Å². The molecule has 130 valence electrons. The lowest BCUT2D eigenvalue weighted by atomic mass is 10.2. The normalized spacial score (nSPS) is 11.8. The summed E-state index contributed by atoms with van der Waals surface area (Å²) >= 11 is 11.6. The van der Waals surface area contributed by atoms with Crippen LogP contribution < -0.4 is 11.2 Å². The minimum Gasteiger partial charge on any atom is -0.421 e. The summed E-state index contributed by atoms with van der Waals surface area (Å²) in [6.07, 6.45) is 0. The maximum Gasteiger partial charge on any atom is 0.362 e. The monoisotopic (exact) mass is 404 g/mol. The molecule has 1 aromatic heterocycles. The van der Waals surface area contributed by atoms with Crippen molar-refractivity contribution in [3.63, 3.8) is 0 Å². The minimum atomic E-state index is -4.36. The van der Waals surface area contributed by atoms with Gasteiger partial charge >= 0.3 is 5.69 Å². The zero-order valence-corrected chi connectivity index (χ0v) is 14.3. The molecular weight excluding hydrogens is 398 g/mol. The highest BCUT2D eigenvalue weighted by atomic mass is 35.5. The Labute approximate surface area is 148 Å². The molecule has 7 nitrogen and oxygen atoms in total. The van der Waals surface area contributed by atoms with Gasteiger partial charge in [-0.2, -0.15) is 0 Å². The number of aromatic nitrogens is 2. The van der Waals surface area contributed by atoms with Crippen molar-refractivity contribution in [3.8, 4) is 0 Å². The highest BCUT2D eigenvalue weighted by molar-refractivity contribution is 7.91. The number of hydrogen-bond donors (Lipinski definition) is 2. The average Bonchev–Trinajstić information content (AvgIpc) is 2.51. The van der Waals surface area contributed by atoms with Crippen LogP contribution in [0.5, 0.6) is 0 Å². The molecule has 0 aliphatic rings. The Morgan fingerprint density at radius 2 is 1.80 bits per heavy atom. The summed E-state index contributed by atoms with van der Waals surface area (Å²) in [7, 11) is -4.36. The lowest BCUT2D eigenvalue weighted by Crippen LogP contribution is -2.33. The first-order valence-corrected chi connectivity index (χ1v) is 8.75. The Morgan fingerprint density at radius 3 is 2.44 bits per heavy atom. The largest absolute Gasteiger partial charge is 0.421 e. The molecule has 0 saturated heterocycles. The lowest BCUT2D eigenvalue weighted by molar-refractivity contribution is 0.162. The van der Waals surface area contributed by atoms with Gasteiger partial charge in [-0.15, -0.1) is 0 Å². The number of H-pyrrole nitrogens is 1. The summed E-state index contributed by atoms with van der Waals surface area (Å²) < 4.78 is 38.9. The molecule has 0 atom stereocenters. The van der Waals surface area contributed by atoms with Crippen LogP contribution in [0, 0.1) is 5.82 Å². The van der Waals surface area contributed by atoms with Crippen molar-refractivity contribution < 1.29 is 18.0 Å². The third-order valence-electron chi connectivity index (χ3n) is 3.38. The molecule has 11 heteroatoms. The highest BCUT2D eigenvalue weighted by Crippen LogP contribution is 2.30. The van der Waals surface area contributed by atoms with Crippen LogP contribution in [0.2, 0.25) is 10.0 Å². The van der Waals surface area contributed by atoms with E-state index in [1.54, 1.807) is 0 Å². The van der Waals surface area contributed by atoms with Crippen molar-refractivity contribution in [3.05, 3.63) is 67.0 Å². The zero-order valence-electron chi connectivity index (χ0n) is 12.0. The first kappa shape index (κ1) is 17.5. The van der Waals surface area contributed by atoms with Crippen molar-refractivity contribution in [2.75, 3.05) is 0 Å². The number of hydrogen-bond acceptors (Lipinski definition) is 5. The Balaban J connectivity index is 2.46. The van der Waals surface area contributed by atoms with Crippen molar-refractivity contribution in [2.24, 2.45) is 0 Å². The number of fused-ring (bicyclic) bond motifs is 1. The molecule has 0 amide bonds. The Bertz CT molecular complexity index is 1230. The summed E-state index contributed by atoms with van der Waals surface area (Å²) in [4.78, 5) is 24.8. The van der Waals surface area contributed by atoms with Crippen LogP contribution in [0.15, 0.2) is 49.7 Å². The van der Waals surface area contributed by atoms with Crippen LogP contribution >= 0.6 is 23.2 Å². The van der Waals surface area contributed by atoms with E-state index in [0.29, 0.717) is 0 Å². The summed E-state index contributed by atoms with van der Waals surface area (Å²) in [5.74, 6) is -0.879. The smallest absolute Gasteiger partial charge is 0.362 e. The van der Waals surface area contributed by atoms with Crippen molar-refractivity contribution in [1.29, 1.82) is 0 Å². The molecule has 3 aromatic rings. The van der Waals surface area contributed by atoms with E-state index in [0.717, 1.165) is 30.3 Å². The average molecular weight is 405 g/mol. The van der Waals surface area contributed by atoms with Gasteiger partial charge in [0, 0.05) is 5.02 Å². The van der Waals surface area contributed by atoms with Crippen molar-refractivity contribution in [1.82, 2.24) is 9.71 Å². The van der Waals surface area contributed by atoms with E-state index in [4.69, 9.17) is 23.2 Å². The molecule has 0 saturated carbocycles. The third kappa shape index (κ3) is 2.80. The first-order chi connectivity index (χ1) is 11.6. The predicted octanol–water partition coefficient (Wildman–Crippen LogP) is 2.21. The summed E-state index contributed by atoms with van der Waals surface area (Å²) in [5.41, 5.74) is -2.86.